The highest BCUT2D eigenvalue weighted by Crippen LogP contribution is 2.35. The van der Waals surface area contributed by atoms with Crippen LogP contribution < -0.4 is 34.4 Å². The van der Waals surface area contributed by atoms with Gasteiger partial charge in [-0.05, 0) is 0 Å². The summed E-state index contributed by atoms with van der Waals surface area (Å²) >= 11 is 0. The molecule has 0 spiro atoms. The van der Waals surface area contributed by atoms with Crippen LogP contribution in [-0.4, -0.2) is 295 Å². The Kier molecular flexibility index (Phi) is 19.4. The van der Waals surface area contributed by atoms with Crippen LogP contribution in [0.15, 0.2) is 0 Å². The molecule has 67 heavy (non-hydrogen) atoms. The lowest BCUT2D eigenvalue weighted by molar-refractivity contribution is -0.367. The van der Waals surface area contributed by atoms with Gasteiger partial charge >= 0.3 is 0 Å². The number of ether oxygens (including phenoxy) is 11. The van der Waals surface area contributed by atoms with Gasteiger partial charge in [0.2, 0.25) is 0 Å². The van der Waals surface area contributed by atoms with Crippen molar-refractivity contribution in [2.45, 2.75) is 184 Å². The Labute approximate surface area is 381 Å². The summed E-state index contributed by atoms with van der Waals surface area (Å²) in [5.74, 6) is 0. The van der Waals surface area contributed by atoms with Crippen molar-refractivity contribution < 1.29 is 124 Å². The Morgan fingerprint density at radius 3 is 0.731 bits per heavy atom. The van der Waals surface area contributed by atoms with E-state index in [1.807, 2.05) is 0 Å². The maximum absolute atomic E-state index is 11.4. The second-order valence-electron chi connectivity index (χ2n) is 17.3. The standard InChI is InChI=1S/C36H68N6O25/c37-13-21(51)26(8(2-44)57-31(13)56)63-33-15(39)23(53)28(10(4-46)59-33)65-35-17(41)25(55)30(12(6-48)61-35)67-36-18(42)24(54)29(11(5-47)62-36)66-34-16(40)22(52)27(9(3-45)60-34)64-32-14(38)20(50)19(49)7(1-43)58-32/h7-36,43-56H,1-6,37-42H2/t7-,8-,9-,10-,11-,12-,13-,14-,15-,16-,17-,18-,19-,20-,21-,22-,23-,24-,25-,26-,27-,28-,29-,30-,31+,32+,33+,34+,35+,36+/m1/s1. The SMILES string of the molecule is N[C@@H]1[C@@H](O)[C@H](O[C@@H]2O[C@H](CO)[C@@H](O[C@@H]3O[C@H](CO)[C@@H](O[C@@H]4O[C@H](CO)[C@@H](O[C@@H]5O[C@H](CO)[C@@H](O[C@@H]6O[C@H](CO)[C@@H](O)[C@H](O)[C@H]6N)[C@H](O)[C@H]5N)[C@H](O)[C@H]4N)[C@H](O)[C@H]3N)[C@H](O)[C@H]2N)[C@@H](CO)O[C@@H]1O. The third-order valence-electron chi connectivity index (χ3n) is 12.9. The van der Waals surface area contributed by atoms with Gasteiger partial charge in [0.05, 0.1) is 75.9 Å². The molecule has 6 aliphatic rings. The number of rotatable bonds is 16. The molecule has 0 aromatic heterocycles. The van der Waals surface area contributed by atoms with Crippen LogP contribution in [0.25, 0.3) is 0 Å². The maximum Gasteiger partial charge on any atom is 0.176 e. The molecule has 6 fully saturated rings. The van der Waals surface area contributed by atoms with Gasteiger partial charge in [0.25, 0.3) is 0 Å². The molecule has 392 valence electrons. The highest BCUT2D eigenvalue weighted by Gasteiger charge is 2.56. The summed E-state index contributed by atoms with van der Waals surface area (Å²) < 4.78 is 63.1. The average Bonchev–Trinajstić information content (AvgIpc) is 3.32. The molecule has 0 amide bonds. The normalized spacial score (nSPS) is 53.4. The molecule has 0 bridgehead atoms. The minimum atomic E-state index is -1.79. The summed E-state index contributed by atoms with van der Waals surface area (Å²) in [4.78, 5) is 0. The van der Waals surface area contributed by atoms with Crippen molar-refractivity contribution >= 4 is 0 Å². The van der Waals surface area contributed by atoms with E-state index in [2.05, 4.69) is 0 Å². The van der Waals surface area contributed by atoms with Gasteiger partial charge in [-0.2, -0.15) is 0 Å². The minimum Gasteiger partial charge on any atom is -0.394 e. The Morgan fingerprint density at radius 2 is 0.478 bits per heavy atom. The van der Waals surface area contributed by atoms with E-state index in [4.69, 9.17) is 86.5 Å². The van der Waals surface area contributed by atoms with Crippen molar-refractivity contribution in [3.05, 3.63) is 0 Å². The zero-order chi connectivity index (χ0) is 49.3. The van der Waals surface area contributed by atoms with Crippen molar-refractivity contribution in [1.29, 1.82) is 0 Å². The van der Waals surface area contributed by atoms with Crippen molar-refractivity contribution in [3.63, 3.8) is 0 Å². The first-order valence-corrected chi connectivity index (χ1v) is 21.6. The van der Waals surface area contributed by atoms with Crippen LogP contribution in [0.4, 0.5) is 0 Å². The van der Waals surface area contributed by atoms with Gasteiger partial charge in [-0.1, -0.05) is 0 Å². The monoisotopic (exact) mass is 984 g/mol. The molecular weight excluding hydrogens is 916 g/mol. The molecule has 0 unspecified atom stereocenters. The summed E-state index contributed by atoms with van der Waals surface area (Å²) in [5.41, 5.74) is 36.9. The first kappa shape index (κ1) is 55.1. The van der Waals surface area contributed by atoms with Gasteiger partial charge in [-0.15, -0.1) is 0 Å². The second kappa shape index (κ2) is 23.5. The average molecular weight is 985 g/mol. The van der Waals surface area contributed by atoms with E-state index in [1.54, 1.807) is 0 Å². The van der Waals surface area contributed by atoms with E-state index in [0.29, 0.717) is 0 Å². The Balaban J connectivity index is 1.07. The smallest absolute Gasteiger partial charge is 0.176 e. The topological polar surface area (TPSA) is 541 Å². The zero-order valence-corrected chi connectivity index (χ0v) is 35.8. The van der Waals surface area contributed by atoms with Gasteiger partial charge < -0.3 is 158 Å². The summed E-state index contributed by atoms with van der Waals surface area (Å²) in [7, 11) is 0. The molecule has 6 aliphatic heterocycles. The van der Waals surface area contributed by atoms with Crippen molar-refractivity contribution in [1.82, 2.24) is 0 Å². The van der Waals surface area contributed by atoms with Gasteiger partial charge in [0.1, 0.15) is 110 Å². The molecule has 0 aromatic rings. The lowest BCUT2D eigenvalue weighted by Crippen LogP contribution is -2.71. The second-order valence-corrected chi connectivity index (χ2v) is 17.3. The van der Waals surface area contributed by atoms with E-state index in [-0.39, 0.29) is 0 Å². The molecule has 31 heteroatoms. The molecule has 6 saturated heterocycles. The lowest BCUT2D eigenvalue weighted by atomic mass is 9.93. The predicted molar refractivity (Wildman–Crippen MR) is 211 cm³/mol. The van der Waals surface area contributed by atoms with Crippen LogP contribution in [0.5, 0.6) is 0 Å². The molecule has 31 nitrogen and oxygen atoms in total. The number of aliphatic hydroxyl groups excluding tert-OH is 14. The van der Waals surface area contributed by atoms with Crippen LogP contribution in [0, 0.1) is 0 Å². The van der Waals surface area contributed by atoms with Crippen LogP contribution in [0.1, 0.15) is 0 Å². The number of hydrogen-bond acceptors (Lipinski definition) is 31. The van der Waals surface area contributed by atoms with Gasteiger partial charge in [-0.25, -0.2) is 0 Å². The molecular formula is C36H68N6O25. The predicted octanol–water partition coefficient (Wildman–Crippen LogP) is -14.3. The van der Waals surface area contributed by atoms with Crippen LogP contribution in [0.3, 0.4) is 0 Å². The third kappa shape index (κ3) is 11.2. The van der Waals surface area contributed by atoms with Gasteiger partial charge in [-0.3, -0.25) is 0 Å². The summed E-state index contributed by atoms with van der Waals surface area (Å²) in [6, 6.07) is -8.85. The first-order chi connectivity index (χ1) is 31.8. The highest BCUT2D eigenvalue weighted by atomic mass is 16.8. The van der Waals surface area contributed by atoms with Gasteiger partial charge in [0, 0.05) is 0 Å². The number of aliphatic hydroxyl groups is 14. The van der Waals surface area contributed by atoms with E-state index in [9.17, 15) is 71.5 Å². The van der Waals surface area contributed by atoms with Crippen LogP contribution in [-0.2, 0) is 52.1 Å². The molecule has 0 aliphatic carbocycles. The quantitative estimate of drug-likeness (QED) is 0.0683. The van der Waals surface area contributed by atoms with E-state index < -0.39 is 224 Å². The fraction of sp³-hybridized carbons (Fsp3) is 1.00. The Hall–Kier alpha value is -1.24. The fourth-order valence-electron chi connectivity index (χ4n) is 8.78. The summed E-state index contributed by atoms with van der Waals surface area (Å²) in [6.45, 7) is -4.85. The largest absolute Gasteiger partial charge is 0.394 e. The Morgan fingerprint density at radius 1 is 0.269 bits per heavy atom. The van der Waals surface area contributed by atoms with E-state index in [0.717, 1.165) is 0 Å². The number of nitrogens with two attached hydrogens (primary N) is 6. The highest BCUT2D eigenvalue weighted by molar-refractivity contribution is 5.02. The first-order valence-electron chi connectivity index (χ1n) is 21.6. The van der Waals surface area contributed by atoms with Crippen LogP contribution in [0.2, 0.25) is 0 Å². The Bertz CT molecular complexity index is 1520. The number of hydrogen-bond donors (Lipinski definition) is 20. The maximum atomic E-state index is 11.4. The van der Waals surface area contributed by atoms with Crippen molar-refractivity contribution in [2.24, 2.45) is 34.4 Å². The molecule has 0 saturated carbocycles. The molecule has 6 heterocycles. The molecule has 30 atom stereocenters. The lowest BCUT2D eigenvalue weighted by Gasteiger charge is -2.50. The third-order valence-corrected chi connectivity index (χ3v) is 12.9. The summed E-state index contributed by atoms with van der Waals surface area (Å²) in [6.07, 6.45) is -37.6. The van der Waals surface area contributed by atoms with E-state index in [1.165, 1.54) is 0 Å². The van der Waals surface area contributed by atoms with Gasteiger partial charge in [0.15, 0.2) is 37.7 Å². The molecule has 6 rings (SSSR count). The minimum absolute atomic E-state index is 0.728. The van der Waals surface area contributed by atoms with Crippen molar-refractivity contribution in [3.8, 4) is 0 Å². The molecule has 0 radical (unpaired) electrons. The molecule has 26 N–H and O–H groups in total. The summed E-state index contributed by atoms with van der Waals surface area (Å²) in [5, 5.41) is 147. The van der Waals surface area contributed by atoms with Crippen molar-refractivity contribution in [2.75, 3.05) is 39.6 Å². The molecule has 0 aromatic carbocycles. The fourth-order valence-corrected chi connectivity index (χ4v) is 8.78. The van der Waals surface area contributed by atoms with E-state index >= 15 is 0 Å². The zero-order valence-electron chi connectivity index (χ0n) is 35.8. The van der Waals surface area contributed by atoms with Crippen LogP contribution >= 0.6 is 0 Å².